The van der Waals surface area contributed by atoms with Gasteiger partial charge in [0, 0.05) is 19.3 Å². The van der Waals surface area contributed by atoms with Gasteiger partial charge in [-0.05, 0) is 18.4 Å². The van der Waals surface area contributed by atoms with E-state index in [1.165, 1.54) is 11.9 Å². The summed E-state index contributed by atoms with van der Waals surface area (Å²) in [5, 5.41) is 0. The normalized spacial score (nSPS) is 10.2. The molecule has 4 nitrogen and oxygen atoms in total. The number of rotatable bonds is 4. The second-order valence-corrected chi connectivity index (χ2v) is 3.26. The van der Waals surface area contributed by atoms with Crippen molar-refractivity contribution in [1.82, 2.24) is 9.29 Å². The van der Waals surface area contributed by atoms with E-state index in [4.69, 9.17) is 5.73 Å². The summed E-state index contributed by atoms with van der Waals surface area (Å²) in [6.07, 6.45) is 3.68. The molecule has 0 aliphatic carbocycles. The molecule has 0 saturated heterocycles. The van der Waals surface area contributed by atoms with Crippen LogP contribution in [0.5, 0.6) is 0 Å². The number of aromatic nitrogens is 1. The average Bonchev–Trinajstić information content (AvgIpc) is 2.13. The minimum Gasteiger partial charge on any atom is -0.394 e. The van der Waals surface area contributed by atoms with Gasteiger partial charge in [-0.2, -0.15) is 0 Å². The SMILES string of the molecule is CSNCCn1cccc(N)c1=O. The molecule has 0 saturated carbocycles. The lowest BCUT2D eigenvalue weighted by molar-refractivity contribution is 0.665. The van der Waals surface area contributed by atoms with E-state index in [1.807, 2.05) is 6.26 Å². The molecule has 0 aliphatic rings. The lowest BCUT2D eigenvalue weighted by atomic mass is 10.4. The molecule has 0 bridgehead atoms. The highest BCUT2D eigenvalue weighted by Crippen LogP contribution is 1.91. The summed E-state index contributed by atoms with van der Waals surface area (Å²) in [6, 6.07) is 3.39. The maximum atomic E-state index is 11.4. The van der Waals surface area contributed by atoms with E-state index in [1.54, 1.807) is 22.9 Å². The Morgan fingerprint density at radius 3 is 3.15 bits per heavy atom. The largest absolute Gasteiger partial charge is 0.394 e. The van der Waals surface area contributed by atoms with Gasteiger partial charge in [-0.25, -0.2) is 0 Å². The van der Waals surface area contributed by atoms with Gasteiger partial charge in [-0.15, -0.1) is 0 Å². The quantitative estimate of drug-likeness (QED) is 0.541. The van der Waals surface area contributed by atoms with Crippen LogP contribution >= 0.6 is 11.9 Å². The minimum absolute atomic E-state index is 0.120. The molecule has 0 unspecified atom stereocenters. The van der Waals surface area contributed by atoms with Crippen molar-refractivity contribution in [3.63, 3.8) is 0 Å². The summed E-state index contributed by atoms with van der Waals surface area (Å²) in [6.45, 7) is 1.40. The lowest BCUT2D eigenvalue weighted by Gasteiger charge is -2.05. The Labute approximate surface area is 81.3 Å². The van der Waals surface area contributed by atoms with Gasteiger partial charge in [0.25, 0.3) is 5.56 Å². The molecule has 0 radical (unpaired) electrons. The number of nitrogens with two attached hydrogens (primary N) is 1. The van der Waals surface area contributed by atoms with Crippen LogP contribution in [0, 0.1) is 0 Å². The van der Waals surface area contributed by atoms with Crippen LogP contribution in [0.25, 0.3) is 0 Å². The topological polar surface area (TPSA) is 60.1 Å². The van der Waals surface area contributed by atoms with Crippen molar-refractivity contribution in [3.05, 3.63) is 28.7 Å². The minimum atomic E-state index is -0.120. The van der Waals surface area contributed by atoms with E-state index in [-0.39, 0.29) is 5.56 Å². The third-order valence-electron chi connectivity index (χ3n) is 1.65. The number of nitrogens with zero attached hydrogens (tertiary/aromatic N) is 1. The maximum Gasteiger partial charge on any atom is 0.273 e. The Bertz CT molecular complexity index is 323. The summed E-state index contributed by atoms with van der Waals surface area (Å²) in [5.74, 6) is 0. The second kappa shape index (κ2) is 4.94. The van der Waals surface area contributed by atoms with E-state index in [2.05, 4.69) is 4.72 Å². The van der Waals surface area contributed by atoms with Crippen molar-refractivity contribution in [2.45, 2.75) is 6.54 Å². The van der Waals surface area contributed by atoms with Gasteiger partial charge in [-0.1, -0.05) is 11.9 Å². The fourth-order valence-electron chi connectivity index (χ4n) is 1.000. The Kier molecular flexibility index (Phi) is 3.85. The van der Waals surface area contributed by atoms with Gasteiger partial charge in [0.05, 0.1) is 5.69 Å². The molecule has 5 heteroatoms. The van der Waals surface area contributed by atoms with Crippen LogP contribution in [-0.2, 0) is 6.54 Å². The fourth-order valence-corrected chi connectivity index (χ4v) is 1.30. The van der Waals surface area contributed by atoms with Crippen LogP contribution in [0.1, 0.15) is 0 Å². The molecule has 13 heavy (non-hydrogen) atoms. The molecule has 72 valence electrons. The highest BCUT2D eigenvalue weighted by molar-refractivity contribution is 7.96. The summed E-state index contributed by atoms with van der Waals surface area (Å²) >= 11 is 1.53. The first-order valence-corrected chi connectivity index (χ1v) is 5.19. The molecule has 3 N–H and O–H groups in total. The standard InChI is InChI=1S/C8H13N3OS/c1-13-10-4-6-11-5-2-3-7(9)8(11)12/h2-3,5,10H,4,6,9H2,1H3. The lowest BCUT2D eigenvalue weighted by Crippen LogP contribution is -2.25. The molecule has 1 heterocycles. The van der Waals surface area contributed by atoms with Crippen molar-refractivity contribution in [3.8, 4) is 0 Å². The first-order chi connectivity index (χ1) is 6.25. The Morgan fingerprint density at radius 1 is 1.69 bits per heavy atom. The van der Waals surface area contributed by atoms with E-state index in [9.17, 15) is 4.79 Å². The summed E-state index contributed by atoms with van der Waals surface area (Å²) < 4.78 is 4.66. The predicted molar refractivity (Wildman–Crippen MR) is 56.6 cm³/mol. The maximum absolute atomic E-state index is 11.4. The van der Waals surface area contributed by atoms with Crippen molar-refractivity contribution in [1.29, 1.82) is 0 Å². The third kappa shape index (κ3) is 2.78. The Balaban J connectivity index is 2.67. The van der Waals surface area contributed by atoms with Crippen molar-refractivity contribution >= 4 is 17.6 Å². The molecular formula is C8H13N3OS. The van der Waals surface area contributed by atoms with E-state index < -0.39 is 0 Å². The Hall–Kier alpha value is -0.940. The zero-order valence-corrected chi connectivity index (χ0v) is 8.30. The van der Waals surface area contributed by atoms with Crippen molar-refractivity contribution < 1.29 is 0 Å². The first-order valence-electron chi connectivity index (χ1n) is 3.96. The van der Waals surface area contributed by atoms with Gasteiger partial charge in [-0.3, -0.25) is 9.52 Å². The number of nitrogens with one attached hydrogen (secondary N) is 1. The van der Waals surface area contributed by atoms with Gasteiger partial charge >= 0.3 is 0 Å². The van der Waals surface area contributed by atoms with Gasteiger partial charge < -0.3 is 10.3 Å². The zero-order chi connectivity index (χ0) is 9.68. The van der Waals surface area contributed by atoms with Crippen LogP contribution < -0.4 is 16.0 Å². The van der Waals surface area contributed by atoms with Gasteiger partial charge in [0.2, 0.25) is 0 Å². The Morgan fingerprint density at radius 2 is 2.46 bits per heavy atom. The van der Waals surface area contributed by atoms with E-state index in [0.717, 1.165) is 6.54 Å². The van der Waals surface area contributed by atoms with Crippen LogP contribution in [0.2, 0.25) is 0 Å². The molecule has 1 aromatic heterocycles. The predicted octanol–water partition coefficient (Wildman–Crippen LogP) is 0.298. The van der Waals surface area contributed by atoms with Crippen LogP contribution in [0.15, 0.2) is 23.1 Å². The average molecular weight is 199 g/mol. The molecule has 0 fully saturated rings. The number of hydrogen-bond acceptors (Lipinski definition) is 4. The summed E-state index contributed by atoms with van der Waals surface area (Å²) in [4.78, 5) is 11.4. The number of pyridine rings is 1. The molecular weight excluding hydrogens is 186 g/mol. The molecule has 1 aromatic rings. The van der Waals surface area contributed by atoms with Crippen molar-refractivity contribution in [2.24, 2.45) is 0 Å². The third-order valence-corrected chi connectivity index (χ3v) is 2.14. The van der Waals surface area contributed by atoms with Crippen LogP contribution in [0.4, 0.5) is 5.69 Å². The smallest absolute Gasteiger partial charge is 0.273 e. The highest BCUT2D eigenvalue weighted by Gasteiger charge is 1.97. The van der Waals surface area contributed by atoms with E-state index >= 15 is 0 Å². The van der Waals surface area contributed by atoms with Crippen molar-refractivity contribution in [2.75, 3.05) is 18.5 Å². The zero-order valence-electron chi connectivity index (χ0n) is 7.49. The number of hydrogen-bond donors (Lipinski definition) is 2. The van der Waals surface area contributed by atoms with Gasteiger partial charge in [0.1, 0.15) is 0 Å². The van der Waals surface area contributed by atoms with Gasteiger partial charge in [0.15, 0.2) is 0 Å². The van der Waals surface area contributed by atoms with E-state index in [0.29, 0.717) is 12.2 Å². The molecule has 0 atom stereocenters. The molecule has 0 aliphatic heterocycles. The molecule has 0 amide bonds. The van der Waals surface area contributed by atoms with Crippen LogP contribution in [-0.4, -0.2) is 17.4 Å². The first kappa shape index (κ1) is 10.1. The number of anilines is 1. The second-order valence-electron chi connectivity index (χ2n) is 2.56. The highest BCUT2D eigenvalue weighted by atomic mass is 32.2. The number of nitrogen functional groups attached to an aromatic ring is 1. The fraction of sp³-hybridized carbons (Fsp3) is 0.375. The molecule has 0 spiro atoms. The van der Waals surface area contributed by atoms with Crippen LogP contribution in [0.3, 0.4) is 0 Å². The molecule has 1 rings (SSSR count). The summed E-state index contributed by atoms with van der Waals surface area (Å²) in [7, 11) is 0. The summed E-state index contributed by atoms with van der Waals surface area (Å²) in [5.41, 5.74) is 5.64. The molecule has 0 aromatic carbocycles. The monoisotopic (exact) mass is 199 g/mol.